The van der Waals surface area contributed by atoms with Gasteiger partial charge in [-0.15, -0.1) is 0 Å². The van der Waals surface area contributed by atoms with Crippen LogP contribution in [0.2, 0.25) is 0 Å². The lowest BCUT2D eigenvalue weighted by atomic mass is 10.1. The minimum Gasteiger partial charge on any atom is -0.480 e. The zero-order chi connectivity index (χ0) is 14.3. The van der Waals surface area contributed by atoms with Crippen LogP contribution in [0.25, 0.3) is 10.8 Å². The quantitative estimate of drug-likeness (QED) is 0.877. The Labute approximate surface area is 119 Å². The van der Waals surface area contributed by atoms with Crippen molar-refractivity contribution in [2.24, 2.45) is 0 Å². The average molecular weight is 291 g/mol. The summed E-state index contributed by atoms with van der Waals surface area (Å²) in [5.41, 5.74) is 0. The summed E-state index contributed by atoms with van der Waals surface area (Å²) in [6, 6.07) is 5.61. The fourth-order valence-corrected chi connectivity index (χ4v) is 2.87. The highest BCUT2D eigenvalue weighted by Crippen LogP contribution is 2.41. The second kappa shape index (κ2) is 4.56. The van der Waals surface area contributed by atoms with E-state index in [2.05, 4.69) is 4.98 Å². The molecule has 0 bridgehead atoms. The maximum atomic E-state index is 11.3. The number of aliphatic carboxylic acids is 1. The number of nitrogens with zero attached hydrogens (tertiary/aromatic N) is 1. The minimum absolute atomic E-state index is 0.210. The maximum Gasteiger partial charge on any atom is 0.319 e. The number of pyridine rings is 1. The van der Waals surface area contributed by atoms with Crippen LogP contribution in [0.5, 0.6) is 11.5 Å². The number of rotatable bonds is 3. The molecule has 2 aromatic rings. The standard InChI is InChI=1S/C14H13NO4S/c1-14(2,13(16)17)20-12-9-6-11-10(18-7-19-11)5-8(9)3-4-15-12/h3-6H,7H2,1-2H3,(H,16,17). The Morgan fingerprint density at radius 1 is 1.35 bits per heavy atom. The molecule has 0 radical (unpaired) electrons. The van der Waals surface area contributed by atoms with Gasteiger partial charge in [-0.1, -0.05) is 11.8 Å². The molecule has 1 aromatic heterocycles. The summed E-state index contributed by atoms with van der Waals surface area (Å²) in [7, 11) is 0. The van der Waals surface area contributed by atoms with Gasteiger partial charge >= 0.3 is 5.97 Å². The van der Waals surface area contributed by atoms with Crippen molar-refractivity contribution in [1.29, 1.82) is 0 Å². The van der Waals surface area contributed by atoms with Gasteiger partial charge < -0.3 is 14.6 Å². The van der Waals surface area contributed by atoms with E-state index in [1.54, 1.807) is 20.0 Å². The molecule has 0 saturated heterocycles. The summed E-state index contributed by atoms with van der Waals surface area (Å²) in [4.78, 5) is 15.6. The van der Waals surface area contributed by atoms with E-state index in [1.165, 1.54) is 11.8 Å². The highest BCUT2D eigenvalue weighted by atomic mass is 32.2. The highest BCUT2D eigenvalue weighted by Gasteiger charge is 2.30. The van der Waals surface area contributed by atoms with E-state index in [-0.39, 0.29) is 6.79 Å². The molecule has 0 saturated carbocycles. The summed E-state index contributed by atoms with van der Waals surface area (Å²) in [5.74, 6) is 0.500. The summed E-state index contributed by atoms with van der Waals surface area (Å²) in [5, 5.41) is 11.7. The van der Waals surface area contributed by atoms with Crippen LogP contribution in [-0.4, -0.2) is 27.6 Å². The predicted molar refractivity (Wildman–Crippen MR) is 75.4 cm³/mol. The van der Waals surface area contributed by atoms with Gasteiger partial charge in [0.25, 0.3) is 0 Å². The fourth-order valence-electron chi connectivity index (χ4n) is 1.90. The lowest BCUT2D eigenvalue weighted by molar-refractivity contribution is -0.138. The van der Waals surface area contributed by atoms with Crippen molar-refractivity contribution in [3.63, 3.8) is 0 Å². The smallest absolute Gasteiger partial charge is 0.319 e. The Hall–Kier alpha value is -1.95. The third-order valence-electron chi connectivity index (χ3n) is 3.09. The first-order chi connectivity index (χ1) is 9.47. The Bertz CT molecular complexity index is 699. The summed E-state index contributed by atoms with van der Waals surface area (Å²) < 4.78 is 9.76. The molecule has 0 spiro atoms. The molecule has 1 aliphatic heterocycles. The van der Waals surface area contributed by atoms with E-state index in [4.69, 9.17) is 9.47 Å². The molecule has 20 heavy (non-hydrogen) atoms. The molecule has 5 nitrogen and oxygen atoms in total. The van der Waals surface area contributed by atoms with Crippen molar-refractivity contribution in [1.82, 2.24) is 4.98 Å². The molecule has 0 aliphatic carbocycles. The van der Waals surface area contributed by atoms with Crippen LogP contribution >= 0.6 is 11.8 Å². The molecule has 0 amide bonds. The number of carboxylic acid groups (broad SMARTS) is 1. The van der Waals surface area contributed by atoms with E-state index in [0.29, 0.717) is 16.5 Å². The molecule has 0 unspecified atom stereocenters. The molecule has 3 rings (SSSR count). The van der Waals surface area contributed by atoms with Gasteiger partial charge in [-0.2, -0.15) is 0 Å². The SMILES string of the molecule is CC(C)(Sc1nccc2cc3c(cc12)OCO3)C(=O)O. The average Bonchev–Trinajstić information content (AvgIpc) is 2.83. The third-order valence-corrected chi connectivity index (χ3v) is 4.29. The fraction of sp³-hybridized carbons (Fsp3) is 0.286. The Morgan fingerprint density at radius 2 is 2.05 bits per heavy atom. The van der Waals surface area contributed by atoms with Crippen molar-refractivity contribution in [3.05, 3.63) is 24.4 Å². The Kier molecular flexibility index (Phi) is 2.97. The number of fused-ring (bicyclic) bond motifs is 2. The van der Waals surface area contributed by atoms with Crippen LogP contribution < -0.4 is 9.47 Å². The molecule has 1 aromatic carbocycles. The number of aromatic nitrogens is 1. The first-order valence-corrected chi connectivity index (χ1v) is 6.90. The van der Waals surface area contributed by atoms with Crippen LogP contribution in [0.4, 0.5) is 0 Å². The number of carbonyl (C=O) groups is 1. The second-order valence-corrected chi connectivity index (χ2v) is 6.57. The van der Waals surface area contributed by atoms with Crippen LogP contribution in [-0.2, 0) is 4.79 Å². The maximum absolute atomic E-state index is 11.3. The highest BCUT2D eigenvalue weighted by molar-refractivity contribution is 8.01. The number of hydrogen-bond donors (Lipinski definition) is 1. The first kappa shape index (κ1) is 13.1. The first-order valence-electron chi connectivity index (χ1n) is 6.08. The van der Waals surface area contributed by atoms with Gasteiger partial charge in [0, 0.05) is 11.6 Å². The Balaban J connectivity index is 2.10. The van der Waals surface area contributed by atoms with Crippen LogP contribution in [0.3, 0.4) is 0 Å². The van der Waals surface area contributed by atoms with Crippen LogP contribution in [0.15, 0.2) is 29.4 Å². The minimum atomic E-state index is -0.947. The third kappa shape index (κ3) is 2.16. The topological polar surface area (TPSA) is 68.7 Å². The van der Waals surface area contributed by atoms with E-state index in [9.17, 15) is 9.90 Å². The van der Waals surface area contributed by atoms with E-state index < -0.39 is 10.7 Å². The van der Waals surface area contributed by atoms with Crippen molar-refractivity contribution in [2.45, 2.75) is 23.6 Å². The summed E-state index contributed by atoms with van der Waals surface area (Å²) in [6.45, 7) is 3.53. The van der Waals surface area contributed by atoms with Crippen molar-refractivity contribution < 1.29 is 19.4 Å². The molecular weight excluding hydrogens is 278 g/mol. The number of thioether (sulfide) groups is 1. The molecule has 6 heteroatoms. The van der Waals surface area contributed by atoms with Crippen molar-refractivity contribution in [3.8, 4) is 11.5 Å². The zero-order valence-corrected chi connectivity index (χ0v) is 11.9. The molecule has 2 heterocycles. The van der Waals surface area contributed by atoms with Gasteiger partial charge in [-0.3, -0.25) is 4.79 Å². The number of ether oxygens (including phenoxy) is 2. The summed E-state index contributed by atoms with van der Waals surface area (Å²) in [6.07, 6.45) is 1.67. The van der Waals surface area contributed by atoms with Gasteiger partial charge in [0.05, 0.1) is 0 Å². The number of benzene rings is 1. The van der Waals surface area contributed by atoms with Crippen LogP contribution in [0, 0.1) is 0 Å². The van der Waals surface area contributed by atoms with E-state index in [0.717, 1.165) is 10.8 Å². The molecule has 0 atom stereocenters. The van der Waals surface area contributed by atoms with Gasteiger partial charge in [0.2, 0.25) is 6.79 Å². The number of carboxylic acids is 1. The lowest BCUT2D eigenvalue weighted by Crippen LogP contribution is -2.27. The van der Waals surface area contributed by atoms with E-state index >= 15 is 0 Å². The van der Waals surface area contributed by atoms with Gasteiger partial charge in [-0.05, 0) is 37.4 Å². The Morgan fingerprint density at radius 3 is 2.75 bits per heavy atom. The van der Waals surface area contributed by atoms with Crippen molar-refractivity contribution >= 4 is 28.5 Å². The molecule has 0 fully saturated rings. The van der Waals surface area contributed by atoms with Gasteiger partial charge in [-0.25, -0.2) is 4.98 Å². The predicted octanol–water partition coefficient (Wildman–Crippen LogP) is 2.92. The van der Waals surface area contributed by atoms with Gasteiger partial charge in [0.1, 0.15) is 9.77 Å². The molecule has 1 aliphatic rings. The largest absolute Gasteiger partial charge is 0.480 e. The van der Waals surface area contributed by atoms with Crippen molar-refractivity contribution in [2.75, 3.05) is 6.79 Å². The van der Waals surface area contributed by atoms with E-state index in [1.807, 2.05) is 18.2 Å². The molecular formula is C14H13NO4S. The number of hydrogen-bond acceptors (Lipinski definition) is 5. The second-order valence-electron chi connectivity index (χ2n) is 4.96. The van der Waals surface area contributed by atoms with Gasteiger partial charge in [0.15, 0.2) is 11.5 Å². The van der Waals surface area contributed by atoms with Crippen LogP contribution in [0.1, 0.15) is 13.8 Å². The summed E-state index contributed by atoms with van der Waals surface area (Å²) >= 11 is 1.22. The molecule has 104 valence electrons. The molecule has 1 N–H and O–H groups in total. The normalized spacial score (nSPS) is 13.7. The zero-order valence-electron chi connectivity index (χ0n) is 11.0. The monoisotopic (exact) mass is 291 g/mol. The lowest BCUT2D eigenvalue weighted by Gasteiger charge is -2.18.